The molecule has 0 saturated carbocycles. The molecule has 0 aliphatic carbocycles. The topological polar surface area (TPSA) is 21.3 Å². The van der Waals surface area contributed by atoms with Crippen LogP contribution in [0.4, 0.5) is 0 Å². The van der Waals surface area contributed by atoms with E-state index in [0.717, 1.165) is 19.8 Å². The maximum Gasteiger partial charge on any atom is 0.0725 e. The first-order valence-corrected chi connectivity index (χ1v) is 6.72. The largest absolute Gasteiger partial charge is 0.372 e. The van der Waals surface area contributed by atoms with Crippen LogP contribution in [0.2, 0.25) is 0 Å². The van der Waals surface area contributed by atoms with E-state index in [-0.39, 0.29) is 0 Å². The summed E-state index contributed by atoms with van der Waals surface area (Å²) in [6.07, 6.45) is 0. The number of hydrogen-bond donors (Lipinski definition) is 1. The van der Waals surface area contributed by atoms with Crippen LogP contribution in [0.25, 0.3) is 11.1 Å². The SMILES string of the molecule is CNCc1ccc(C)cc1-c1ccc2c(c1)COC2. The third-order valence-electron chi connectivity index (χ3n) is 3.66. The Morgan fingerprint density at radius 3 is 2.74 bits per heavy atom. The van der Waals surface area contributed by atoms with Gasteiger partial charge in [-0.15, -0.1) is 0 Å². The standard InChI is InChI=1S/C17H19NO/c1-12-3-4-14(9-18-2)17(7-12)13-5-6-15-10-19-11-16(15)8-13/h3-8,18H,9-11H2,1-2H3. The molecule has 3 rings (SSSR count). The molecule has 0 fully saturated rings. The lowest BCUT2D eigenvalue weighted by Gasteiger charge is -2.12. The summed E-state index contributed by atoms with van der Waals surface area (Å²) in [5.41, 5.74) is 7.90. The number of hydrogen-bond acceptors (Lipinski definition) is 2. The highest BCUT2D eigenvalue weighted by atomic mass is 16.5. The monoisotopic (exact) mass is 253 g/mol. The van der Waals surface area contributed by atoms with E-state index in [4.69, 9.17) is 4.74 Å². The molecule has 0 spiro atoms. The van der Waals surface area contributed by atoms with Crippen molar-refractivity contribution in [2.75, 3.05) is 7.05 Å². The number of rotatable bonds is 3. The first kappa shape index (κ1) is 12.4. The lowest BCUT2D eigenvalue weighted by Crippen LogP contribution is -2.06. The smallest absolute Gasteiger partial charge is 0.0725 e. The summed E-state index contributed by atoms with van der Waals surface area (Å²) in [5.74, 6) is 0. The average Bonchev–Trinajstić information content (AvgIpc) is 2.88. The van der Waals surface area contributed by atoms with Crippen molar-refractivity contribution < 1.29 is 4.74 Å². The lowest BCUT2D eigenvalue weighted by molar-refractivity contribution is 0.134. The molecule has 2 heteroatoms. The van der Waals surface area contributed by atoms with Crippen molar-refractivity contribution in [2.45, 2.75) is 26.7 Å². The highest BCUT2D eigenvalue weighted by Gasteiger charge is 2.13. The van der Waals surface area contributed by atoms with Crippen LogP contribution < -0.4 is 5.32 Å². The van der Waals surface area contributed by atoms with E-state index in [1.165, 1.54) is 33.4 Å². The lowest BCUT2D eigenvalue weighted by atomic mass is 9.95. The second-order valence-electron chi connectivity index (χ2n) is 5.17. The van der Waals surface area contributed by atoms with Crippen LogP contribution in [0.1, 0.15) is 22.3 Å². The van der Waals surface area contributed by atoms with Gasteiger partial charge >= 0.3 is 0 Å². The van der Waals surface area contributed by atoms with Gasteiger partial charge < -0.3 is 10.1 Å². The molecule has 0 aromatic heterocycles. The number of aryl methyl sites for hydroxylation is 1. The molecule has 1 heterocycles. The van der Waals surface area contributed by atoms with E-state index in [1.54, 1.807) is 0 Å². The van der Waals surface area contributed by atoms with Gasteiger partial charge in [-0.25, -0.2) is 0 Å². The number of ether oxygens (including phenoxy) is 1. The van der Waals surface area contributed by atoms with Gasteiger partial charge in [0.1, 0.15) is 0 Å². The Balaban J connectivity index is 2.07. The quantitative estimate of drug-likeness (QED) is 0.905. The minimum atomic E-state index is 0.746. The molecule has 0 atom stereocenters. The summed E-state index contributed by atoms with van der Waals surface area (Å²) in [6, 6.07) is 13.3. The summed E-state index contributed by atoms with van der Waals surface area (Å²) in [6.45, 7) is 4.54. The van der Waals surface area contributed by atoms with Gasteiger partial charge in [-0.3, -0.25) is 0 Å². The normalized spacial score (nSPS) is 13.6. The first-order chi connectivity index (χ1) is 9.28. The summed E-state index contributed by atoms with van der Waals surface area (Å²) in [4.78, 5) is 0. The minimum Gasteiger partial charge on any atom is -0.372 e. The van der Waals surface area contributed by atoms with Gasteiger partial charge in [0, 0.05) is 6.54 Å². The predicted molar refractivity (Wildman–Crippen MR) is 77.9 cm³/mol. The maximum absolute atomic E-state index is 5.49. The van der Waals surface area contributed by atoms with Gasteiger partial charge in [0.15, 0.2) is 0 Å². The zero-order valence-corrected chi connectivity index (χ0v) is 11.5. The van der Waals surface area contributed by atoms with E-state index in [2.05, 4.69) is 48.6 Å². The highest BCUT2D eigenvalue weighted by molar-refractivity contribution is 5.69. The molecule has 0 radical (unpaired) electrons. The molecule has 0 unspecified atom stereocenters. The van der Waals surface area contributed by atoms with Gasteiger partial charge in [0.05, 0.1) is 13.2 Å². The van der Waals surface area contributed by atoms with Crippen LogP contribution in [-0.4, -0.2) is 7.05 Å². The Morgan fingerprint density at radius 2 is 1.89 bits per heavy atom. The summed E-state index contributed by atoms with van der Waals surface area (Å²) < 4.78 is 5.49. The molecule has 1 aliphatic rings. The van der Waals surface area contributed by atoms with Crippen LogP contribution in [0.15, 0.2) is 36.4 Å². The molecule has 98 valence electrons. The van der Waals surface area contributed by atoms with Crippen molar-refractivity contribution in [1.82, 2.24) is 5.32 Å². The predicted octanol–water partition coefficient (Wildman–Crippen LogP) is 3.41. The second kappa shape index (κ2) is 5.16. The van der Waals surface area contributed by atoms with Crippen molar-refractivity contribution in [3.8, 4) is 11.1 Å². The van der Waals surface area contributed by atoms with Crippen LogP contribution in [0.5, 0.6) is 0 Å². The van der Waals surface area contributed by atoms with Crippen molar-refractivity contribution in [2.24, 2.45) is 0 Å². The molecule has 0 saturated heterocycles. The molecule has 1 aliphatic heterocycles. The molecule has 19 heavy (non-hydrogen) atoms. The molecular formula is C17H19NO. The Hall–Kier alpha value is -1.64. The summed E-state index contributed by atoms with van der Waals surface area (Å²) >= 11 is 0. The first-order valence-electron chi connectivity index (χ1n) is 6.72. The zero-order chi connectivity index (χ0) is 13.2. The molecule has 0 bridgehead atoms. The van der Waals surface area contributed by atoms with E-state index < -0.39 is 0 Å². The van der Waals surface area contributed by atoms with Crippen LogP contribution in [0, 0.1) is 6.92 Å². The van der Waals surface area contributed by atoms with Crippen LogP contribution >= 0.6 is 0 Å². The Labute approximate surface area is 114 Å². The van der Waals surface area contributed by atoms with Gasteiger partial charge in [0.25, 0.3) is 0 Å². The fourth-order valence-corrected chi connectivity index (χ4v) is 2.64. The van der Waals surface area contributed by atoms with Gasteiger partial charge in [0.2, 0.25) is 0 Å². The highest BCUT2D eigenvalue weighted by Crippen LogP contribution is 2.29. The Bertz CT molecular complexity index is 604. The average molecular weight is 253 g/mol. The van der Waals surface area contributed by atoms with Gasteiger partial charge in [-0.05, 0) is 47.9 Å². The Morgan fingerprint density at radius 1 is 1.05 bits per heavy atom. The molecule has 2 aromatic carbocycles. The number of nitrogens with one attached hydrogen (secondary N) is 1. The fourth-order valence-electron chi connectivity index (χ4n) is 2.64. The third kappa shape index (κ3) is 2.42. The van der Waals surface area contributed by atoms with E-state index in [1.807, 2.05) is 7.05 Å². The Kier molecular flexibility index (Phi) is 3.36. The molecule has 2 nitrogen and oxygen atoms in total. The maximum atomic E-state index is 5.49. The summed E-state index contributed by atoms with van der Waals surface area (Å²) in [7, 11) is 1.99. The number of fused-ring (bicyclic) bond motifs is 1. The van der Waals surface area contributed by atoms with Crippen molar-refractivity contribution in [3.63, 3.8) is 0 Å². The van der Waals surface area contributed by atoms with Crippen LogP contribution in [0.3, 0.4) is 0 Å². The van der Waals surface area contributed by atoms with E-state index >= 15 is 0 Å². The molecular weight excluding hydrogens is 234 g/mol. The third-order valence-corrected chi connectivity index (χ3v) is 3.66. The minimum absolute atomic E-state index is 0.746. The fraction of sp³-hybridized carbons (Fsp3) is 0.294. The zero-order valence-electron chi connectivity index (χ0n) is 11.5. The van der Waals surface area contributed by atoms with Gasteiger partial charge in [-0.1, -0.05) is 35.9 Å². The van der Waals surface area contributed by atoms with Crippen molar-refractivity contribution in [3.05, 3.63) is 58.7 Å². The van der Waals surface area contributed by atoms with Crippen molar-refractivity contribution >= 4 is 0 Å². The second-order valence-corrected chi connectivity index (χ2v) is 5.17. The molecule has 0 amide bonds. The van der Waals surface area contributed by atoms with Crippen molar-refractivity contribution in [1.29, 1.82) is 0 Å². The molecule has 2 aromatic rings. The number of benzene rings is 2. The van der Waals surface area contributed by atoms with Crippen LogP contribution in [-0.2, 0) is 24.5 Å². The van der Waals surface area contributed by atoms with E-state index in [0.29, 0.717) is 0 Å². The van der Waals surface area contributed by atoms with E-state index in [9.17, 15) is 0 Å². The molecule has 1 N–H and O–H groups in total. The van der Waals surface area contributed by atoms with Gasteiger partial charge in [-0.2, -0.15) is 0 Å². The summed E-state index contributed by atoms with van der Waals surface area (Å²) in [5, 5.41) is 3.24.